The molecule has 0 aliphatic rings. The van der Waals surface area contributed by atoms with E-state index in [1.165, 1.54) is 0 Å². The van der Waals surface area contributed by atoms with Crippen LogP contribution in [0.4, 0.5) is 4.39 Å². The monoisotopic (exact) mass is 231 g/mol. The molecule has 0 bridgehead atoms. The van der Waals surface area contributed by atoms with Crippen LogP contribution in [-0.4, -0.2) is 4.98 Å². The highest BCUT2D eigenvalue weighted by Gasteiger charge is 2.12. The standard InChI is InChI=1S/C9H11BrFN/c1-5(2)8-7(10)4-6(3)12-9(8)11/h4-5H,1-3H3. The third-order valence-electron chi connectivity index (χ3n) is 1.67. The Labute approximate surface area is 80.1 Å². The summed E-state index contributed by atoms with van der Waals surface area (Å²) in [6.45, 7) is 5.66. The van der Waals surface area contributed by atoms with Crippen LogP contribution in [0.2, 0.25) is 0 Å². The van der Waals surface area contributed by atoms with Gasteiger partial charge in [0.1, 0.15) is 0 Å². The van der Waals surface area contributed by atoms with Crippen LogP contribution in [0.5, 0.6) is 0 Å². The van der Waals surface area contributed by atoms with Gasteiger partial charge in [-0.2, -0.15) is 4.39 Å². The summed E-state index contributed by atoms with van der Waals surface area (Å²) in [6.07, 6.45) is 0. The number of rotatable bonds is 1. The lowest BCUT2D eigenvalue weighted by Crippen LogP contribution is -1.99. The number of aromatic nitrogens is 1. The van der Waals surface area contributed by atoms with E-state index in [4.69, 9.17) is 0 Å². The van der Waals surface area contributed by atoms with Crippen LogP contribution in [0.15, 0.2) is 10.5 Å². The summed E-state index contributed by atoms with van der Waals surface area (Å²) in [5, 5.41) is 0. The minimum atomic E-state index is -0.364. The summed E-state index contributed by atoms with van der Waals surface area (Å²) in [7, 11) is 0. The van der Waals surface area contributed by atoms with Crippen molar-refractivity contribution in [3.8, 4) is 0 Å². The van der Waals surface area contributed by atoms with E-state index in [2.05, 4.69) is 20.9 Å². The maximum Gasteiger partial charge on any atom is 0.217 e. The maximum atomic E-state index is 13.2. The molecule has 0 N–H and O–H groups in total. The molecule has 0 saturated heterocycles. The van der Waals surface area contributed by atoms with E-state index in [-0.39, 0.29) is 11.9 Å². The Hall–Kier alpha value is -0.440. The molecule has 66 valence electrons. The quantitative estimate of drug-likeness (QED) is 0.676. The normalized spacial score (nSPS) is 10.8. The molecule has 0 aliphatic carbocycles. The van der Waals surface area contributed by atoms with Crippen molar-refractivity contribution in [3.63, 3.8) is 0 Å². The van der Waals surface area contributed by atoms with Crippen LogP contribution in [0.3, 0.4) is 0 Å². The van der Waals surface area contributed by atoms with Gasteiger partial charge in [-0.3, -0.25) is 0 Å². The molecule has 0 aliphatic heterocycles. The second-order valence-corrected chi connectivity index (χ2v) is 3.96. The summed E-state index contributed by atoms with van der Waals surface area (Å²) in [5.41, 5.74) is 1.35. The third kappa shape index (κ3) is 1.83. The number of aryl methyl sites for hydroxylation is 1. The van der Waals surface area contributed by atoms with Crippen molar-refractivity contribution in [2.45, 2.75) is 26.7 Å². The van der Waals surface area contributed by atoms with Crippen LogP contribution in [0.25, 0.3) is 0 Å². The zero-order valence-corrected chi connectivity index (χ0v) is 8.94. The molecule has 1 heterocycles. The van der Waals surface area contributed by atoms with Gasteiger partial charge in [0.2, 0.25) is 5.95 Å². The van der Waals surface area contributed by atoms with Gasteiger partial charge in [-0.05, 0) is 18.9 Å². The first-order valence-corrected chi connectivity index (χ1v) is 4.64. The Bertz CT molecular complexity index is 274. The first kappa shape index (κ1) is 9.65. The minimum absolute atomic E-state index is 0.160. The van der Waals surface area contributed by atoms with Crippen molar-refractivity contribution < 1.29 is 4.39 Å². The molecule has 0 radical (unpaired) electrons. The summed E-state index contributed by atoms with van der Waals surface area (Å²) >= 11 is 3.32. The van der Waals surface area contributed by atoms with Crippen LogP contribution in [0.1, 0.15) is 31.0 Å². The van der Waals surface area contributed by atoms with Gasteiger partial charge in [0.15, 0.2) is 0 Å². The molecule has 0 atom stereocenters. The zero-order chi connectivity index (χ0) is 9.30. The van der Waals surface area contributed by atoms with Gasteiger partial charge in [-0.25, -0.2) is 4.98 Å². The molecule has 0 fully saturated rings. The van der Waals surface area contributed by atoms with Crippen LogP contribution in [-0.2, 0) is 0 Å². The van der Waals surface area contributed by atoms with Gasteiger partial charge in [0.05, 0.1) is 0 Å². The third-order valence-corrected chi connectivity index (χ3v) is 2.32. The van der Waals surface area contributed by atoms with E-state index in [0.29, 0.717) is 11.3 Å². The molecule has 1 aromatic rings. The average molecular weight is 232 g/mol. The predicted octanol–water partition coefficient (Wildman–Crippen LogP) is 3.42. The molecule has 1 rings (SSSR count). The molecule has 0 amide bonds. The van der Waals surface area contributed by atoms with Crippen molar-refractivity contribution in [2.24, 2.45) is 0 Å². The molecule has 12 heavy (non-hydrogen) atoms. The fourth-order valence-corrected chi connectivity index (χ4v) is 2.07. The lowest BCUT2D eigenvalue weighted by Gasteiger charge is -2.09. The lowest BCUT2D eigenvalue weighted by molar-refractivity contribution is 0.551. The van der Waals surface area contributed by atoms with Gasteiger partial charge < -0.3 is 0 Å². The van der Waals surface area contributed by atoms with Crippen LogP contribution >= 0.6 is 15.9 Å². The average Bonchev–Trinajstić information content (AvgIpc) is 1.82. The minimum Gasteiger partial charge on any atom is -0.225 e. The highest BCUT2D eigenvalue weighted by atomic mass is 79.9. The summed E-state index contributed by atoms with van der Waals surface area (Å²) in [4.78, 5) is 3.76. The van der Waals surface area contributed by atoms with E-state index in [1.54, 1.807) is 6.92 Å². The fourth-order valence-electron chi connectivity index (χ4n) is 1.12. The topological polar surface area (TPSA) is 12.9 Å². The van der Waals surface area contributed by atoms with Crippen molar-refractivity contribution >= 4 is 15.9 Å². The molecule has 3 heteroatoms. The van der Waals surface area contributed by atoms with E-state index in [0.717, 1.165) is 4.47 Å². The van der Waals surface area contributed by atoms with Gasteiger partial charge in [-0.1, -0.05) is 29.8 Å². The van der Waals surface area contributed by atoms with Gasteiger partial charge >= 0.3 is 0 Å². The Morgan fingerprint density at radius 1 is 1.50 bits per heavy atom. The van der Waals surface area contributed by atoms with Gasteiger partial charge in [0.25, 0.3) is 0 Å². The smallest absolute Gasteiger partial charge is 0.217 e. The van der Waals surface area contributed by atoms with Gasteiger partial charge in [0, 0.05) is 15.7 Å². The Balaban J connectivity index is 3.28. The predicted molar refractivity (Wildman–Crippen MR) is 50.7 cm³/mol. The molecule has 1 nitrogen and oxygen atoms in total. The van der Waals surface area contributed by atoms with Crippen molar-refractivity contribution in [3.05, 3.63) is 27.7 Å². The second-order valence-electron chi connectivity index (χ2n) is 3.10. The van der Waals surface area contributed by atoms with Crippen LogP contribution < -0.4 is 0 Å². The van der Waals surface area contributed by atoms with Crippen molar-refractivity contribution in [2.75, 3.05) is 0 Å². The first-order valence-electron chi connectivity index (χ1n) is 3.85. The first-order chi connectivity index (χ1) is 5.52. The molecule has 1 aromatic heterocycles. The molecule has 0 saturated carbocycles. The lowest BCUT2D eigenvalue weighted by atomic mass is 10.1. The number of pyridine rings is 1. The Kier molecular flexibility index (Phi) is 2.83. The highest BCUT2D eigenvalue weighted by molar-refractivity contribution is 9.10. The highest BCUT2D eigenvalue weighted by Crippen LogP contribution is 2.26. The van der Waals surface area contributed by atoms with Crippen molar-refractivity contribution in [1.29, 1.82) is 0 Å². The largest absolute Gasteiger partial charge is 0.225 e. The van der Waals surface area contributed by atoms with E-state index in [1.807, 2.05) is 19.9 Å². The molecule has 0 spiro atoms. The maximum absolute atomic E-state index is 13.2. The second kappa shape index (κ2) is 3.52. The number of nitrogens with zero attached hydrogens (tertiary/aromatic N) is 1. The molecule has 0 aromatic carbocycles. The molecular weight excluding hydrogens is 221 g/mol. The van der Waals surface area contributed by atoms with E-state index < -0.39 is 0 Å². The van der Waals surface area contributed by atoms with E-state index in [9.17, 15) is 4.39 Å². The Morgan fingerprint density at radius 3 is 2.50 bits per heavy atom. The van der Waals surface area contributed by atoms with Gasteiger partial charge in [-0.15, -0.1) is 0 Å². The van der Waals surface area contributed by atoms with E-state index >= 15 is 0 Å². The fraction of sp³-hybridized carbons (Fsp3) is 0.444. The van der Waals surface area contributed by atoms with Crippen molar-refractivity contribution in [1.82, 2.24) is 4.98 Å². The van der Waals surface area contributed by atoms with Crippen LogP contribution in [0, 0.1) is 12.9 Å². The number of halogens is 2. The number of hydrogen-bond donors (Lipinski definition) is 0. The number of hydrogen-bond acceptors (Lipinski definition) is 1. The molecular formula is C9H11BrFN. The summed E-state index contributed by atoms with van der Waals surface area (Å²) in [5.74, 6) is -0.204. The zero-order valence-electron chi connectivity index (χ0n) is 7.36. The SMILES string of the molecule is Cc1cc(Br)c(C(C)C)c(F)n1. The molecule has 0 unspecified atom stereocenters. The Morgan fingerprint density at radius 2 is 2.08 bits per heavy atom. The summed E-state index contributed by atoms with van der Waals surface area (Å²) < 4.78 is 14.0. The summed E-state index contributed by atoms with van der Waals surface area (Å²) in [6, 6.07) is 1.83.